The van der Waals surface area contributed by atoms with Crippen LogP contribution in [0.4, 0.5) is 5.69 Å². The number of anilines is 1. The quantitative estimate of drug-likeness (QED) is 0.431. The highest BCUT2D eigenvalue weighted by Crippen LogP contribution is 2.39. The van der Waals surface area contributed by atoms with Gasteiger partial charge >= 0.3 is 0 Å². The number of aliphatic imine (C=N–C) groups is 1. The molecule has 0 fully saturated rings. The second kappa shape index (κ2) is 10.8. The van der Waals surface area contributed by atoms with E-state index in [-0.39, 0.29) is 24.3 Å². The number of aryl methyl sites for hydroxylation is 1. The van der Waals surface area contributed by atoms with Gasteiger partial charge in [-0.2, -0.15) is 10.1 Å². The Labute approximate surface area is 224 Å². The standard InChI is InChI=1S/C28H25ClN4O3S/c1-17-10-12-18(13-11-17)22-15-23(19-6-5-7-20(29)14-19)33(32-22)28-31-27(35)25(37-28)16-26(34)30-21-8-3-4-9-24(21)36-2/h3-14,23,25H,15-16H2,1-2H3,(H,30,34). The number of methoxy groups -OCH3 is 1. The normalized spacial score (nSPS) is 19.0. The average Bonchev–Trinajstić information content (AvgIpc) is 3.49. The summed E-state index contributed by atoms with van der Waals surface area (Å²) in [7, 11) is 1.54. The van der Waals surface area contributed by atoms with Gasteiger partial charge in [0, 0.05) is 17.9 Å². The van der Waals surface area contributed by atoms with E-state index in [4.69, 9.17) is 21.4 Å². The third-order valence-electron chi connectivity index (χ3n) is 6.21. The number of thioether (sulfide) groups is 1. The van der Waals surface area contributed by atoms with Crippen LogP contribution in [-0.2, 0) is 9.59 Å². The fourth-order valence-corrected chi connectivity index (χ4v) is 5.56. The van der Waals surface area contributed by atoms with E-state index in [9.17, 15) is 9.59 Å². The Morgan fingerprint density at radius 3 is 2.68 bits per heavy atom. The summed E-state index contributed by atoms with van der Waals surface area (Å²) in [5.74, 6) is -0.0833. The fraction of sp³-hybridized carbons (Fsp3) is 0.214. The van der Waals surface area contributed by atoms with Gasteiger partial charge in [-0.3, -0.25) is 9.59 Å². The van der Waals surface area contributed by atoms with E-state index in [0.717, 1.165) is 16.8 Å². The molecule has 0 saturated carbocycles. The summed E-state index contributed by atoms with van der Waals surface area (Å²) in [6, 6.07) is 22.8. The molecular formula is C28H25ClN4O3S. The average molecular weight is 533 g/mol. The lowest BCUT2D eigenvalue weighted by Gasteiger charge is -2.23. The summed E-state index contributed by atoms with van der Waals surface area (Å²) in [6.45, 7) is 2.04. The second-order valence-corrected chi connectivity index (χ2v) is 10.4. The predicted molar refractivity (Wildman–Crippen MR) is 148 cm³/mol. The smallest absolute Gasteiger partial charge is 0.262 e. The molecular weight excluding hydrogens is 508 g/mol. The van der Waals surface area contributed by atoms with E-state index >= 15 is 0 Å². The van der Waals surface area contributed by atoms with Gasteiger partial charge in [0.15, 0.2) is 5.17 Å². The number of hydrogen-bond acceptors (Lipinski definition) is 6. The Bertz CT molecular complexity index is 1410. The largest absolute Gasteiger partial charge is 0.495 e. The lowest BCUT2D eigenvalue weighted by molar-refractivity contribution is -0.121. The first kappa shape index (κ1) is 25.0. The zero-order chi connectivity index (χ0) is 25.9. The van der Waals surface area contributed by atoms with E-state index in [0.29, 0.717) is 28.0 Å². The molecule has 0 saturated heterocycles. The van der Waals surface area contributed by atoms with E-state index in [2.05, 4.69) is 22.4 Å². The third-order valence-corrected chi connectivity index (χ3v) is 7.58. The highest BCUT2D eigenvalue weighted by molar-refractivity contribution is 8.15. The highest BCUT2D eigenvalue weighted by Gasteiger charge is 2.39. The summed E-state index contributed by atoms with van der Waals surface area (Å²) >= 11 is 7.56. The highest BCUT2D eigenvalue weighted by atomic mass is 35.5. The van der Waals surface area contributed by atoms with E-state index in [1.807, 2.05) is 55.5 Å². The van der Waals surface area contributed by atoms with Crippen LogP contribution in [0.25, 0.3) is 0 Å². The van der Waals surface area contributed by atoms with Crippen molar-refractivity contribution in [2.24, 2.45) is 10.1 Å². The molecule has 188 valence electrons. The third kappa shape index (κ3) is 5.55. The Hall–Kier alpha value is -3.62. The summed E-state index contributed by atoms with van der Waals surface area (Å²) in [6.07, 6.45) is 0.620. The van der Waals surface area contributed by atoms with Gasteiger partial charge in [-0.25, -0.2) is 5.01 Å². The predicted octanol–water partition coefficient (Wildman–Crippen LogP) is 5.83. The summed E-state index contributed by atoms with van der Waals surface area (Å²) in [5.41, 5.74) is 4.62. The molecule has 5 rings (SSSR count). The molecule has 2 aliphatic heterocycles. The van der Waals surface area contributed by atoms with Crippen molar-refractivity contribution in [1.82, 2.24) is 5.01 Å². The van der Waals surface area contributed by atoms with Gasteiger partial charge in [0.25, 0.3) is 5.91 Å². The summed E-state index contributed by atoms with van der Waals surface area (Å²) in [4.78, 5) is 29.9. The van der Waals surface area contributed by atoms with Crippen LogP contribution in [0.1, 0.15) is 35.6 Å². The molecule has 9 heteroatoms. The van der Waals surface area contributed by atoms with Crippen molar-refractivity contribution < 1.29 is 14.3 Å². The monoisotopic (exact) mass is 532 g/mol. The van der Waals surface area contributed by atoms with Crippen LogP contribution < -0.4 is 10.1 Å². The number of para-hydroxylation sites is 2. The van der Waals surface area contributed by atoms with Crippen LogP contribution in [0.3, 0.4) is 0 Å². The Morgan fingerprint density at radius 2 is 1.92 bits per heavy atom. The molecule has 0 radical (unpaired) electrons. The van der Waals surface area contributed by atoms with Crippen LogP contribution in [0.5, 0.6) is 5.75 Å². The summed E-state index contributed by atoms with van der Waals surface area (Å²) < 4.78 is 5.30. The fourth-order valence-electron chi connectivity index (χ4n) is 4.30. The minimum absolute atomic E-state index is 0.0151. The van der Waals surface area contributed by atoms with Crippen LogP contribution in [0.2, 0.25) is 5.02 Å². The van der Waals surface area contributed by atoms with Gasteiger partial charge in [0.05, 0.1) is 24.6 Å². The molecule has 0 bridgehead atoms. The molecule has 7 nitrogen and oxygen atoms in total. The molecule has 3 aromatic rings. The van der Waals surface area contributed by atoms with Crippen molar-refractivity contribution in [3.63, 3.8) is 0 Å². The summed E-state index contributed by atoms with van der Waals surface area (Å²) in [5, 5.41) is 9.98. The van der Waals surface area contributed by atoms with Crippen LogP contribution in [0.15, 0.2) is 82.9 Å². The molecule has 0 spiro atoms. The maximum Gasteiger partial charge on any atom is 0.262 e. The first-order chi connectivity index (χ1) is 17.9. The molecule has 3 aromatic carbocycles. The van der Waals surface area contributed by atoms with Gasteiger partial charge in [-0.1, -0.05) is 77.5 Å². The topological polar surface area (TPSA) is 83.4 Å². The van der Waals surface area contributed by atoms with Gasteiger partial charge in [-0.15, -0.1) is 0 Å². The van der Waals surface area contributed by atoms with E-state index < -0.39 is 5.25 Å². The van der Waals surface area contributed by atoms with Crippen molar-refractivity contribution in [2.45, 2.75) is 31.1 Å². The van der Waals surface area contributed by atoms with E-state index in [1.165, 1.54) is 17.3 Å². The minimum atomic E-state index is -0.636. The number of rotatable bonds is 6. The SMILES string of the molecule is COc1ccccc1NC(=O)CC1SC(N2N=C(c3ccc(C)cc3)CC2c2cccc(Cl)c2)=NC1=O. The second-order valence-electron chi connectivity index (χ2n) is 8.82. The molecule has 37 heavy (non-hydrogen) atoms. The Balaban J connectivity index is 1.35. The first-order valence-electron chi connectivity index (χ1n) is 11.8. The Kier molecular flexibility index (Phi) is 7.30. The number of hydrazone groups is 1. The van der Waals surface area contributed by atoms with Crippen LogP contribution in [-0.4, -0.2) is 40.1 Å². The zero-order valence-corrected chi connectivity index (χ0v) is 21.9. The van der Waals surface area contributed by atoms with Crippen LogP contribution >= 0.6 is 23.4 Å². The number of carbonyl (C=O) groups is 2. The number of carbonyl (C=O) groups excluding carboxylic acids is 2. The van der Waals surface area contributed by atoms with Gasteiger partial charge in [0.2, 0.25) is 5.91 Å². The number of hydrogen-bond donors (Lipinski definition) is 1. The van der Waals surface area contributed by atoms with Crippen molar-refractivity contribution in [1.29, 1.82) is 0 Å². The minimum Gasteiger partial charge on any atom is -0.495 e. The number of amides is 2. The Morgan fingerprint density at radius 1 is 1.14 bits per heavy atom. The van der Waals surface area contributed by atoms with Crippen molar-refractivity contribution in [3.8, 4) is 5.75 Å². The zero-order valence-electron chi connectivity index (χ0n) is 20.3. The van der Waals surface area contributed by atoms with Crippen LogP contribution in [0, 0.1) is 6.92 Å². The molecule has 2 aliphatic rings. The lowest BCUT2D eigenvalue weighted by Crippen LogP contribution is -2.25. The van der Waals surface area contributed by atoms with Gasteiger partial charge < -0.3 is 10.1 Å². The lowest BCUT2D eigenvalue weighted by atomic mass is 9.98. The van der Waals surface area contributed by atoms with Gasteiger partial charge in [-0.05, 0) is 42.3 Å². The molecule has 2 heterocycles. The van der Waals surface area contributed by atoms with Crippen molar-refractivity contribution in [2.75, 3.05) is 12.4 Å². The number of ether oxygens (including phenoxy) is 1. The van der Waals surface area contributed by atoms with Crippen molar-refractivity contribution in [3.05, 3.63) is 94.5 Å². The molecule has 2 amide bonds. The number of benzene rings is 3. The molecule has 1 N–H and O–H groups in total. The number of halogens is 1. The molecule has 0 aliphatic carbocycles. The first-order valence-corrected chi connectivity index (χ1v) is 13.1. The molecule has 2 atom stereocenters. The molecule has 2 unspecified atom stereocenters. The number of nitrogens with zero attached hydrogens (tertiary/aromatic N) is 3. The number of nitrogens with one attached hydrogen (secondary N) is 1. The molecule has 0 aromatic heterocycles. The van der Waals surface area contributed by atoms with Gasteiger partial charge in [0.1, 0.15) is 11.0 Å². The van der Waals surface area contributed by atoms with Crippen molar-refractivity contribution >= 4 is 51.7 Å². The maximum absolute atomic E-state index is 12.8. The number of amidine groups is 1. The maximum atomic E-state index is 12.8. The van der Waals surface area contributed by atoms with E-state index in [1.54, 1.807) is 24.3 Å².